The minimum Gasteiger partial charge on any atom is -0.317 e. The molecular formula is C14H11I2N3OS. The first-order valence-electron chi connectivity index (χ1n) is 5.97. The number of anilines is 1. The number of halogens is 2. The number of pyridine rings is 1. The van der Waals surface area contributed by atoms with Gasteiger partial charge in [-0.05, 0) is 94.7 Å². The summed E-state index contributed by atoms with van der Waals surface area (Å²) in [5.41, 5.74) is 1.48. The minimum atomic E-state index is -0.242. The van der Waals surface area contributed by atoms with Crippen LogP contribution in [-0.2, 0) is 0 Å². The summed E-state index contributed by atoms with van der Waals surface area (Å²) in [4.78, 5) is 16.4. The first-order chi connectivity index (χ1) is 9.95. The van der Waals surface area contributed by atoms with Crippen molar-refractivity contribution in [2.75, 3.05) is 5.32 Å². The quantitative estimate of drug-likeness (QED) is 0.466. The molecule has 0 bridgehead atoms. The van der Waals surface area contributed by atoms with Gasteiger partial charge in [0.25, 0.3) is 5.91 Å². The Morgan fingerprint density at radius 3 is 2.67 bits per heavy atom. The van der Waals surface area contributed by atoms with E-state index in [0.29, 0.717) is 11.4 Å². The van der Waals surface area contributed by atoms with Crippen molar-refractivity contribution in [2.24, 2.45) is 0 Å². The summed E-state index contributed by atoms with van der Waals surface area (Å²) < 4.78 is 2.07. The van der Waals surface area contributed by atoms with Gasteiger partial charge < -0.3 is 5.32 Å². The van der Waals surface area contributed by atoms with Crippen LogP contribution in [0.25, 0.3) is 0 Å². The molecule has 1 aromatic heterocycles. The molecule has 0 radical (unpaired) electrons. The standard InChI is InChI=1S/C14H11I2N3OS/c1-8-11(16)5-6-12(17-8)18-14(21)19-13(20)9-3-2-4-10(15)7-9/h2-7H,1H3,(H2,17,18,19,20,21). The molecule has 108 valence electrons. The highest BCUT2D eigenvalue weighted by atomic mass is 127. The fourth-order valence-corrected chi connectivity index (χ4v) is 2.61. The number of carbonyl (C=O) groups is 1. The number of nitrogens with one attached hydrogen (secondary N) is 2. The van der Waals surface area contributed by atoms with Crippen LogP contribution in [-0.4, -0.2) is 16.0 Å². The van der Waals surface area contributed by atoms with E-state index in [1.165, 1.54) is 0 Å². The molecule has 0 aliphatic rings. The fraction of sp³-hybridized carbons (Fsp3) is 0.0714. The Morgan fingerprint density at radius 1 is 1.24 bits per heavy atom. The van der Waals surface area contributed by atoms with Crippen molar-refractivity contribution < 1.29 is 4.79 Å². The normalized spacial score (nSPS) is 10.0. The lowest BCUT2D eigenvalue weighted by molar-refractivity contribution is 0.0977. The van der Waals surface area contributed by atoms with Gasteiger partial charge in [0, 0.05) is 12.7 Å². The lowest BCUT2D eigenvalue weighted by Crippen LogP contribution is -2.34. The number of hydrogen-bond donors (Lipinski definition) is 2. The third kappa shape index (κ3) is 4.85. The molecule has 21 heavy (non-hydrogen) atoms. The second-order valence-electron chi connectivity index (χ2n) is 4.18. The SMILES string of the molecule is Cc1nc(NC(=S)NC(=O)c2cccc(I)c2)ccc1I. The van der Waals surface area contributed by atoms with Gasteiger partial charge >= 0.3 is 0 Å². The Bertz CT molecular complexity index is 706. The van der Waals surface area contributed by atoms with E-state index >= 15 is 0 Å². The zero-order valence-corrected chi connectivity index (χ0v) is 16.1. The number of hydrogen-bond acceptors (Lipinski definition) is 3. The Balaban J connectivity index is 2.01. The van der Waals surface area contributed by atoms with Gasteiger partial charge in [-0.3, -0.25) is 10.1 Å². The molecule has 0 saturated carbocycles. The van der Waals surface area contributed by atoms with Gasteiger partial charge in [0.15, 0.2) is 5.11 Å². The van der Waals surface area contributed by atoms with Crippen molar-refractivity contribution in [3.05, 3.63) is 54.8 Å². The van der Waals surface area contributed by atoms with Gasteiger partial charge in [-0.2, -0.15) is 0 Å². The van der Waals surface area contributed by atoms with Crippen molar-refractivity contribution in [1.29, 1.82) is 0 Å². The molecule has 0 spiro atoms. The second kappa shape index (κ2) is 7.45. The topological polar surface area (TPSA) is 54.0 Å². The maximum atomic E-state index is 12.1. The van der Waals surface area contributed by atoms with E-state index < -0.39 is 0 Å². The molecule has 0 fully saturated rings. The van der Waals surface area contributed by atoms with Crippen LogP contribution in [0.5, 0.6) is 0 Å². The van der Waals surface area contributed by atoms with Crippen molar-refractivity contribution in [3.8, 4) is 0 Å². The molecule has 0 atom stereocenters. The van der Waals surface area contributed by atoms with Crippen LogP contribution < -0.4 is 10.6 Å². The highest BCUT2D eigenvalue weighted by Crippen LogP contribution is 2.12. The summed E-state index contributed by atoms with van der Waals surface area (Å²) in [6.07, 6.45) is 0. The van der Waals surface area contributed by atoms with Gasteiger partial charge in [0.2, 0.25) is 0 Å². The first-order valence-corrected chi connectivity index (χ1v) is 8.53. The van der Waals surface area contributed by atoms with Gasteiger partial charge in [-0.1, -0.05) is 6.07 Å². The molecular weight excluding hydrogens is 512 g/mol. The average molecular weight is 523 g/mol. The Labute approximate surface area is 155 Å². The number of benzene rings is 1. The third-order valence-corrected chi connectivity index (χ3v) is 4.59. The van der Waals surface area contributed by atoms with Gasteiger partial charge in [0.1, 0.15) is 5.82 Å². The number of rotatable bonds is 2. The molecule has 1 heterocycles. The predicted octanol–water partition coefficient (Wildman–Crippen LogP) is 3.73. The van der Waals surface area contributed by atoms with Gasteiger partial charge in [-0.25, -0.2) is 4.98 Å². The van der Waals surface area contributed by atoms with E-state index in [1.807, 2.05) is 31.2 Å². The zero-order valence-electron chi connectivity index (χ0n) is 11.0. The van der Waals surface area contributed by atoms with Crippen LogP contribution in [0.4, 0.5) is 5.82 Å². The maximum absolute atomic E-state index is 12.1. The van der Waals surface area contributed by atoms with E-state index in [1.54, 1.807) is 12.1 Å². The van der Waals surface area contributed by atoms with Crippen LogP contribution in [0, 0.1) is 14.1 Å². The summed E-state index contributed by atoms with van der Waals surface area (Å²) in [5, 5.41) is 5.78. The number of nitrogens with zero attached hydrogens (tertiary/aromatic N) is 1. The summed E-state index contributed by atoms with van der Waals surface area (Å²) >= 11 is 9.50. The van der Waals surface area contributed by atoms with E-state index in [9.17, 15) is 4.79 Å². The van der Waals surface area contributed by atoms with Crippen molar-refractivity contribution in [1.82, 2.24) is 10.3 Å². The summed E-state index contributed by atoms with van der Waals surface area (Å²) in [6, 6.07) is 11.1. The molecule has 2 rings (SSSR count). The Kier molecular flexibility index (Phi) is 5.88. The smallest absolute Gasteiger partial charge is 0.257 e. The third-order valence-electron chi connectivity index (χ3n) is 2.58. The van der Waals surface area contributed by atoms with E-state index in [4.69, 9.17) is 12.2 Å². The number of aromatic nitrogens is 1. The van der Waals surface area contributed by atoms with Crippen molar-refractivity contribution >= 4 is 74.2 Å². The van der Waals surface area contributed by atoms with Crippen LogP contribution in [0.2, 0.25) is 0 Å². The van der Waals surface area contributed by atoms with Gasteiger partial charge in [0.05, 0.1) is 5.69 Å². The summed E-state index contributed by atoms with van der Waals surface area (Å²) in [7, 11) is 0. The molecule has 2 N–H and O–H groups in total. The van der Waals surface area contributed by atoms with Gasteiger partial charge in [-0.15, -0.1) is 0 Å². The van der Waals surface area contributed by atoms with Crippen LogP contribution in [0.1, 0.15) is 16.1 Å². The molecule has 0 unspecified atom stereocenters. The van der Waals surface area contributed by atoms with Crippen molar-refractivity contribution in [3.63, 3.8) is 0 Å². The second-order valence-corrected chi connectivity index (χ2v) is 7.00. The number of thiocarbonyl (C=S) groups is 1. The van der Waals surface area contributed by atoms with Crippen LogP contribution in [0.15, 0.2) is 36.4 Å². The predicted molar refractivity (Wildman–Crippen MR) is 105 cm³/mol. The molecule has 1 amide bonds. The van der Waals surface area contributed by atoms with E-state index in [-0.39, 0.29) is 11.0 Å². The van der Waals surface area contributed by atoms with E-state index in [0.717, 1.165) is 12.8 Å². The zero-order chi connectivity index (χ0) is 15.4. The molecule has 0 aliphatic heterocycles. The lowest BCUT2D eigenvalue weighted by Gasteiger charge is -2.10. The molecule has 2 aromatic rings. The van der Waals surface area contributed by atoms with Crippen LogP contribution in [0.3, 0.4) is 0 Å². The maximum Gasteiger partial charge on any atom is 0.257 e. The fourth-order valence-electron chi connectivity index (χ4n) is 1.57. The molecule has 4 nitrogen and oxygen atoms in total. The molecule has 1 aromatic carbocycles. The molecule has 0 aliphatic carbocycles. The highest BCUT2D eigenvalue weighted by molar-refractivity contribution is 14.1. The monoisotopic (exact) mass is 523 g/mol. The molecule has 7 heteroatoms. The largest absolute Gasteiger partial charge is 0.317 e. The summed E-state index contributed by atoms with van der Waals surface area (Å²) in [6.45, 7) is 1.92. The highest BCUT2D eigenvalue weighted by Gasteiger charge is 2.09. The van der Waals surface area contributed by atoms with E-state index in [2.05, 4.69) is 60.8 Å². The minimum absolute atomic E-state index is 0.229. The van der Waals surface area contributed by atoms with Crippen LogP contribution >= 0.6 is 57.4 Å². The average Bonchev–Trinajstić information content (AvgIpc) is 2.43. The number of amides is 1. The summed E-state index contributed by atoms with van der Waals surface area (Å²) in [5.74, 6) is 0.370. The van der Waals surface area contributed by atoms with Crippen molar-refractivity contribution in [2.45, 2.75) is 6.92 Å². The Hall–Kier alpha value is -0.810. The lowest BCUT2D eigenvalue weighted by atomic mass is 10.2. The Morgan fingerprint density at radius 2 is 2.00 bits per heavy atom. The number of carbonyl (C=O) groups excluding carboxylic acids is 1. The number of aryl methyl sites for hydroxylation is 1. The molecule has 0 saturated heterocycles. The first kappa shape index (κ1) is 16.6.